The zero-order chi connectivity index (χ0) is 12.4. The highest BCUT2D eigenvalue weighted by Crippen LogP contribution is 2.28. The Morgan fingerprint density at radius 2 is 2.18 bits per heavy atom. The molecule has 17 heavy (non-hydrogen) atoms. The summed E-state index contributed by atoms with van der Waals surface area (Å²) in [6.45, 7) is 0. The van der Waals surface area contributed by atoms with E-state index in [1.54, 1.807) is 17.4 Å². The molecular formula is C12H10BrClFNS. The van der Waals surface area contributed by atoms with Crippen LogP contribution in [0.1, 0.15) is 16.5 Å². The van der Waals surface area contributed by atoms with Crippen LogP contribution in [0.3, 0.4) is 0 Å². The number of hydrogen-bond acceptors (Lipinski definition) is 2. The lowest BCUT2D eigenvalue weighted by atomic mass is 10.0. The van der Waals surface area contributed by atoms with Gasteiger partial charge >= 0.3 is 0 Å². The van der Waals surface area contributed by atoms with Gasteiger partial charge in [-0.2, -0.15) is 0 Å². The maximum absolute atomic E-state index is 12.9. The first kappa shape index (κ1) is 13.0. The number of rotatable bonds is 3. The molecule has 0 spiro atoms. The van der Waals surface area contributed by atoms with E-state index in [2.05, 4.69) is 15.9 Å². The second kappa shape index (κ2) is 5.48. The summed E-state index contributed by atoms with van der Waals surface area (Å²) in [6.07, 6.45) is 0.696. The van der Waals surface area contributed by atoms with Crippen LogP contribution in [0.25, 0.3) is 0 Å². The average Bonchev–Trinajstić information content (AvgIpc) is 2.63. The van der Waals surface area contributed by atoms with E-state index in [0.717, 1.165) is 10.0 Å². The Morgan fingerprint density at radius 3 is 2.76 bits per heavy atom. The highest BCUT2D eigenvalue weighted by Gasteiger charge is 2.12. The minimum Gasteiger partial charge on any atom is -0.324 e. The molecule has 0 aliphatic rings. The molecule has 0 amide bonds. The highest BCUT2D eigenvalue weighted by atomic mass is 79.9. The molecule has 0 radical (unpaired) electrons. The normalized spacial score (nSPS) is 12.7. The van der Waals surface area contributed by atoms with Gasteiger partial charge in [0.25, 0.3) is 0 Å². The van der Waals surface area contributed by atoms with Crippen molar-refractivity contribution in [3.63, 3.8) is 0 Å². The first-order valence-electron chi connectivity index (χ1n) is 4.99. The third kappa shape index (κ3) is 3.28. The van der Waals surface area contributed by atoms with Gasteiger partial charge in [-0.15, -0.1) is 11.3 Å². The minimum atomic E-state index is -0.343. The fourth-order valence-electron chi connectivity index (χ4n) is 1.59. The van der Waals surface area contributed by atoms with E-state index in [1.807, 2.05) is 11.4 Å². The third-order valence-corrected chi connectivity index (χ3v) is 4.45. The number of benzene rings is 1. The number of thiophene rings is 1. The van der Waals surface area contributed by atoms with E-state index in [4.69, 9.17) is 17.3 Å². The second-order valence-corrected chi connectivity index (χ2v) is 6.03. The molecule has 1 nitrogen and oxygen atoms in total. The molecule has 1 atom stereocenters. The zero-order valence-electron chi connectivity index (χ0n) is 8.79. The van der Waals surface area contributed by atoms with Crippen LogP contribution in [-0.4, -0.2) is 0 Å². The van der Waals surface area contributed by atoms with Crippen molar-refractivity contribution in [2.75, 3.05) is 0 Å². The molecule has 0 bridgehead atoms. The predicted molar refractivity (Wildman–Crippen MR) is 74.1 cm³/mol. The first-order chi connectivity index (χ1) is 8.06. The smallest absolute Gasteiger partial charge is 0.124 e. The van der Waals surface area contributed by atoms with E-state index in [0.29, 0.717) is 11.4 Å². The van der Waals surface area contributed by atoms with Crippen molar-refractivity contribution in [1.29, 1.82) is 0 Å². The molecule has 0 aliphatic heterocycles. The largest absolute Gasteiger partial charge is 0.324 e. The number of hydrogen-bond donors (Lipinski definition) is 1. The standard InChI is InChI=1S/C12H10BrClFNS/c13-7-3-9(17-6-7)5-12(16)10-2-1-8(15)4-11(10)14/h1-4,6,12H,5,16H2. The van der Waals surface area contributed by atoms with Crippen molar-refractivity contribution in [1.82, 2.24) is 0 Å². The van der Waals surface area contributed by atoms with Crippen LogP contribution < -0.4 is 5.73 Å². The van der Waals surface area contributed by atoms with E-state index in [9.17, 15) is 4.39 Å². The summed E-state index contributed by atoms with van der Waals surface area (Å²) >= 11 is 11.0. The summed E-state index contributed by atoms with van der Waals surface area (Å²) in [4.78, 5) is 1.17. The molecule has 0 fully saturated rings. The van der Waals surface area contributed by atoms with Crippen LogP contribution in [0.15, 0.2) is 34.1 Å². The molecule has 2 aromatic rings. The first-order valence-corrected chi connectivity index (χ1v) is 7.05. The van der Waals surface area contributed by atoms with Gasteiger partial charge in [-0.1, -0.05) is 17.7 Å². The zero-order valence-corrected chi connectivity index (χ0v) is 11.9. The van der Waals surface area contributed by atoms with Gasteiger partial charge in [0.2, 0.25) is 0 Å². The van der Waals surface area contributed by atoms with Gasteiger partial charge in [-0.3, -0.25) is 0 Å². The van der Waals surface area contributed by atoms with Crippen molar-refractivity contribution in [3.8, 4) is 0 Å². The molecule has 0 aliphatic carbocycles. The van der Waals surface area contributed by atoms with Crippen molar-refractivity contribution < 1.29 is 4.39 Å². The Labute approximate surface area is 117 Å². The maximum atomic E-state index is 12.9. The molecule has 1 heterocycles. The lowest BCUT2D eigenvalue weighted by molar-refractivity contribution is 0.624. The minimum absolute atomic E-state index is 0.214. The fourth-order valence-corrected chi connectivity index (χ4v) is 3.41. The van der Waals surface area contributed by atoms with Crippen molar-refractivity contribution in [2.24, 2.45) is 5.73 Å². The van der Waals surface area contributed by atoms with E-state index < -0.39 is 0 Å². The van der Waals surface area contributed by atoms with Crippen molar-refractivity contribution >= 4 is 38.9 Å². The summed E-state index contributed by atoms with van der Waals surface area (Å²) in [7, 11) is 0. The molecule has 2 rings (SSSR count). The average molecular weight is 335 g/mol. The molecule has 2 N–H and O–H groups in total. The summed E-state index contributed by atoms with van der Waals surface area (Å²) in [5, 5.41) is 2.39. The van der Waals surface area contributed by atoms with Crippen LogP contribution in [0.2, 0.25) is 5.02 Å². The predicted octanol–water partition coefficient (Wildman–Crippen LogP) is 4.55. The monoisotopic (exact) mass is 333 g/mol. The molecule has 0 saturated carbocycles. The lowest BCUT2D eigenvalue weighted by Crippen LogP contribution is -2.13. The number of nitrogens with two attached hydrogens (primary N) is 1. The van der Waals surface area contributed by atoms with E-state index >= 15 is 0 Å². The van der Waals surface area contributed by atoms with Crippen LogP contribution in [0.5, 0.6) is 0 Å². The summed E-state index contributed by atoms with van der Waals surface area (Å²) in [6, 6.07) is 6.13. The number of halogens is 3. The van der Waals surface area contributed by atoms with Gasteiger partial charge in [0.05, 0.1) is 0 Å². The Hall–Kier alpha value is -0.420. The highest BCUT2D eigenvalue weighted by molar-refractivity contribution is 9.10. The SMILES string of the molecule is NC(Cc1cc(Br)cs1)c1ccc(F)cc1Cl. The van der Waals surface area contributed by atoms with Gasteiger partial charge in [0.15, 0.2) is 0 Å². The van der Waals surface area contributed by atoms with E-state index in [-0.39, 0.29) is 11.9 Å². The fraction of sp³-hybridized carbons (Fsp3) is 0.167. The molecule has 5 heteroatoms. The Balaban J connectivity index is 2.17. The van der Waals surface area contributed by atoms with E-state index in [1.165, 1.54) is 17.0 Å². The van der Waals surface area contributed by atoms with Crippen LogP contribution in [0, 0.1) is 5.82 Å². The molecule has 1 aromatic carbocycles. The quantitative estimate of drug-likeness (QED) is 0.876. The Bertz CT molecular complexity index is 529. The van der Waals surface area contributed by atoms with Crippen molar-refractivity contribution in [2.45, 2.75) is 12.5 Å². The Kier molecular flexibility index (Phi) is 4.20. The topological polar surface area (TPSA) is 26.0 Å². The molecule has 0 saturated heterocycles. The third-order valence-electron chi connectivity index (χ3n) is 2.40. The van der Waals surface area contributed by atoms with Crippen LogP contribution in [0.4, 0.5) is 4.39 Å². The lowest BCUT2D eigenvalue weighted by Gasteiger charge is -2.12. The van der Waals surface area contributed by atoms with Gasteiger partial charge in [0, 0.05) is 32.2 Å². The molecular weight excluding hydrogens is 325 g/mol. The van der Waals surface area contributed by atoms with Crippen LogP contribution >= 0.6 is 38.9 Å². The van der Waals surface area contributed by atoms with Gasteiger partial charge in [-0.05, 0) is 39.7 Å². The van der Waals surface area contributed by atoms with Gasteiger partial charge < -0.3 is 5.73 Å². The van der Waals surface area contributed by atoms with Crippen molar-refractivity contribution in [3.05, 3.63) is 55.4 Å². The molecule has 1 unspecified atom stereocenters. The van der Waals surface area contributed by atoms with Gasteiger partial charge in [0.1, 0.15) is 5.82 Å². The summed E-state index contributed by atoms with van der Waals surface area (Å²) < 4.78 is 14.0. The summed E-state index contributed by atoms with van der Waals surface area (Å²) in [5.41, 5.74) is 6.85. The second-order valence-electron chi connectivity index (χ2n) is 3.71. The van der Waals surface area contributed by atoms with Gasteiger partial charge in [-0.25, -0.2) is 4.39 Å². The summed E-state index contributed by atoms with van der Waals surface area (Å²) in [5.74, 6) is -0.343. The molecule has 90 valence electrons. The van der Waals surface area contributed by atoms with Crippen LogP contribution in [-0.2, 0) is 6.42 Å². The Morgan fingerprint density at radius 1 is 1.41 bits per heavy atom. The maximum Gasteiger partial charge on any atom is 0.124 e. The molecule has 1 aromatic heterocycles.